The van der Waals surface area contributed by atoms with Gasteiger partial charge in [0.2, 0.25) is 5.91 Å². The number of amides is 1. The van der Waals surface area contributed by atoms with Crippen LogP contribution in [0.3, 0.4) is 0 Å². The molecule has 1 saturated heterocycles. The molecule has 1 amide bonds. The van der Waals surface area contributed by atoms with Crippen LogP contribution in [-0.4, -0.2) is 54.6 Å². The molecule has 1 rings (SSSR count). The van der Waals surface area contributed by atoms with Gasteiger partial charge in [-0.2, -0.15) is 0 Å². The normalized spacial score (nSPS) is 19.6. The first-order valence-corrected chi connectivity index (χ1v) is 5.30. The predicted molar refractivity (Wildman–Crippen MR) is 55.1 cm³/mol. The van der Waals surface area contributed by atoms with Crippen LogP contribution in [-0.2, 0) is 14.3 Å². The van der Waals surface area contributed by atoms with E-state index in [-0.39, 0.29) is 5.91 Å². The Balaban J connectivity index is 2.69. The molecule has 5 nitrogen and oxygen atoms in total. The molecule has 1 fully saturated rings. The van der Waals surface area contributed by atoms with Gasteiger partial charge < -0.3 is 9.53 Å². The third-order valence-corrected chi connectivity index (χ3v) is 2.43. The molecular weight excluding hydrogens is 196 g/mol. The van der Waals surface area contributed by atoms with E-state index in [2.05, 4.69) is 0 Å². The van der Waals surface area contributed by atoms with E-state index in [9.17, 15) is 9.59 Å². The van der Waals surface area contributed by atoms with Gasteiger partial charge >= 0.3 is 0 Å². The summed E-state index contributed by atoms with van der Waals surface area (Å²) in [5.41, 5.74) is 0. The quantitative estimate of drug-likeness (QED) is 0.621. The molecule has 0 aromatic rings. The summed E-state index contributed by atoms with van der Waals surface area (Å²) in [6.07, 6.45) is 1.21. The highest BCUT2D eigenvalue weighted by Crippen LogP contribution is 2.08. The number of carbonyl (C=O) groups excluding carboxylic acids is 2. The molecule has 1 aliphatic heterocycles. The number of carbonyl (C=O) groups is 2. The highest BCUT2D eigenvalue weighted by Gasteiger charge is 2.26. The maximum Gasteiger partial charge on any atom is 0.237 e. The van der Waals surface area contributed by atoms with E-state index >= 15 is 0 Å². The molecule has 5 heteroatoms. The number of nitrogens with zero attached hydrogens (tertiary/aromatic N) is 2. The topological polar surface area (TPSA) is 49.9 Å². The molecule has 0 aliphatic carbocycles. The van der Waals surface area contributed by atoms with Crippen molar-refractivity contribution in [2.75, 3.05) is 26.3 Å². The van der Waals surface area contributed by atoms with Gasteiger partial charge in [-0.05, 0) is 6.92 Å². The van der Waals surface area contributed by atoms with Crippen LogP contribution in [0.4, 0.5) is 0 Å². The fraction of sp³-hybridized carbons (Fsp3) is 0.800. The van der Waals surface area contributed by atoms with Crippen molar-refractivity contribution >= 4 is 12.2 Å². The lowest BCUT2D eigenvalue weighted by Gasteiger charge is -2.39. The third kappa shape index (κ3) is 3.00. The van der Waals surface area contributed by atoms with Gasteiger partial charge in [0.05, 0.1) is 13.2 Å². The van der Waals surface area contributed by atoms with Crippen molar-refractivity contribution in [3.05, 3.63) is 0 Å². The van der Waals surface area contributed by atoms with E-state index in [1.54, 1.807) is 18.9 Å². The van der Waals surface area contributed by atoms with Gasteiger partial charge in [0.25, 0.3) is 0 Å². The number of aldehydes is 1. The largest absolute Gasteiger partial charge is 0.379 e. The van der Waals surface area contributed by atoms with Crippen molar-refractivity contribution in [3.8, 4) is 0 Å². The Morgan fingerprint density at radius 2 is 2.13 bits per heavy atom. The summed E-state index contributed by atoms with van der Waals surface area (Å²) in [7, 11) is 0. The van der Waals surface area contributed by atoms with E-state index < -0.39 is 6.04 Å². The molecule has 0 radical (unpaired) electrons. The maximum absolute atomic E-state index is 11.7. The molecule has 0 spiro atoms. The Bertz CT molecular complexity index is 227. The van der Waals surface area contributed by atoms with Gasteiger partial charge in [-0.1, -0.05) is 6.92 Å². The number of hydrazine groups is 1. The van der Waals surface area contributed by atoms with Crippen LogP contribution in [0.15, 0.2) is 0 Å². The Kier molecular flexibility index (Phi) is 4.71. The standard InChI is InChI=1S/C10H18N2O3/c1-3-10(14)12(9(2)8-13)11-4-6-15-7-5-11/h8-9H,3-7H2,1-2H3. The number of morpholine rings is 1. The first-order chi connectivity index (χ1) is 7.20. The van der Waals surface area contributed by atoms with E-state index in [0.717, 1.165) is 6.29 Å². The number of hydrogen-bond acceptors (Lipinski definition) is 4. The van der Waals surface area contributed by atoms with Crippen LogP contribution in [0.5, 0.6) is 0 Å². The summed E-state index contributed by atoms with van der Waals surface area (Å²) in [5.74, 6) is -0.0171. The zero-order valence-corrected chi connectivity index (χ0v) is 9.31. The Morgan fingerprint density at radius 1 is 1.53 bits per heavy atom. The number of ether oxygens (including phenoxy) is 1. The molecule has 1 unspecified atom stereocenters. The minimum Gasteiger partial charge on any atom is -0.379 e. The van der Waals surface area contributed by atoms with Crippen LogP contribution in [0.25, 0.3) is 0 Å². The Hall–Kier alpha value is -0.940. The van der Waals surface area contributed by atoms with Crippen molar-refractivity contribution in [2.45, 2.75) is 26.3 Å². The molecule has 0 saturated carbocycles. The highest BCUT2D eigenvalue weighted by atomic mass is 16.5. The average molecular weight is 214 g/mol. The second-order valence-corrected chi connectivity index (χ2v) is 3.53. The average Bonchev–Trinajstić information content (AvgIpc) is 2.30. The predicted octanol–water partition coefficient (Wildman–Crippen LogP) is 0.0596. The summed E-state index contributed by atoms with van der Waals surface area (Å²) >= 11 is 0. The number of hydrogen-bond donors (Lipinski definition) is 0. The second-order valence-electron chi connectivity index (χ2n) is 3.53. The zero-order chi connectivity index (χ0) is 11.3. The molecular formula is C10H18N2O3. The van der Waals surface area contributed by atoms with Crippen molar-refractivity contribution in [1.82, 2.24) is 10.0 Å². The van der Waals surface area contributed by atoms with Gasteiger partial charge in [-0.3, -0.25) is 9.80 Å². The Morgan fingerprint density at radius 3 is 2.60 bits per heavy atom. The summed E-state index contributed by atoms with van der Waals surface area (Å²) in [6.45, 7) is 6.09. The van der Waals surface area contributed by atoms with Gasteiger partial charge in [-0.25, -0.2) is 5.01 Å². The molecule has 0 aromatic carbocycles. The van der Waals surface area contributed by atoms with E-state index in [1.807, 2.05) is 5.01 Å². The minimum absolute atomic E-state index is 0.0171. The molecule has 1 aliphatic rings. The summed E-state index contributed by atoms with van der Waals surface area (Å²) < 4.78 is 5.21. The lowest BCUT2D eigenvalue weighted by molar-refractivity contribution is -0.164. The van der Waals surface area contributed by atoms with Gasteiger partial charge in [0.15, 0.2) is 0 Å². The maximum atomic E-state index is 11.7. The van der Waals surface area contributed by atoms with Crippen molar-refractivity contribution < 1.29 is 14.3 Å². The van der Waals surface area contributed by atoms with Crippen molar-refractivity contribution in [1.29, 1.82) is 0 Å². The van der Waals surface area contributed by atoms with E-state index in [1.165, 1.54) is 0 Å². The molecule has 0 aromatic heterocycles. The molecule has 1 heterocycles. The summed E-state index contributed by atoms with van der Waals surface area (Å²) in [5, 5.41) is 3.45. The summed E-state index contributed by atoms with van der Waals surface area (Å²) in [6, 6.07) is -0.393. The first-order valence-electron chi connectivity index (χ1n) is 5.30. The SMILES string of the molecule is CCC(=O)N(C(C)C=O)N1CCOCC1. The number of rotatable bonds is 4. The monoisotopic (exact) mass is 214 g/mol. The van der Waals surface area contributed by atoms with Crippen LogP contribution >= 0.6 is 0 Å². The molecule has 15 heavy (non-hydrogen) atoms. The zero-order valence-electron chi connectivity index (χ0n) is 9.31. The van der Waals surface area contributed by atoms with Crippen molar-refractivity contribution in [2.24, 2.45) is 0 Å². The Labute approximate surface area is 89.9 Å². The van der Waals surface area contributed by atoms with Crippen LogP contribution < -0.4 is 0 Å². The fourth-order valence-corrected chi connectivity index (χ4v) is 1.63. The fourth-order valence-electron chi connectivity index (χ4n) is 1.63. The van der Waals surface area contributed by atoms with Crippen LogP contribution in [0.1, 0.15) is 20.3 Å². The first kappa shape index (κ1) is 12.1. The lowest BCUT2D eigenvalue weighted by atomic mass is 10.3. The second kappa shape index (κ2) is 5.82. The minimum atomic E-state index is -0.393. The van der Waals surface area contributed by atoms with Crippen molar-refractivity contribution in [3.63, 3.8) is 0 Å². The van der Waals surface area contributed by atoms with Crippen LogP contribution in [0.2, 0.25) is 0 Å². The van der Waals surface area contributed by atoms with Gasteiger partial charge in [0, 0.05) is 19.5 Å². The third-order valence-electron chi connectivity index (χ3n) is 2.43. The van der Waals surface area contributed by atoms with E-state index in [4.69, 9.17) is 4.74 Å². The molecule has 1 atom stereocenters. The molecule has 0 bridgehead atoms. The summed E-state index contributed by atoms with van der Waals surface area (Å²) in [4.78, 5) is 22.5. The van der Waals surface area contributed by atoms with Gasteiger partial charge in [-0.15, -0.1) is 0 Å². The lowest BCUT2D eigenvalue weighted by Crippen LogP contribution is -2.55. The smallest absolute Gasteiger partial charge is 0.237 e. The molecule has 86 valence electrons. The van der Waals surface area contributed by atoms with Crippen LogP contribution in [0, 0.1) is 0 Å². The highest BCUT2D eigenvalue weighted by molar-refractivity contribution is 5.78. The molecule has 0 N–H and O–H groups in total. The van der Waals surface area contributed by atoms with Gasteiger partial charge in [0.1, 0.15) is 12.3 Å². The van der Waals surface area contributed by atoms with E-state index in [0.29, 0.717) is 32.7 Å².